The lowest BCUT2D eigenvalue weighted by Crippen LogP contribution is -2.39. The molecule has 0 aliphatic heterocycles. The summed E-state index contributed by atoms with van der Waals surface area (Å²) in [5, 5.41) is 0.850. The van der Waals surface area contributed by atoms with Gasteiger partial charge in [0.05, 0.1) is 0 Å². The summed E-state index contributed by atoms with van der Waals surface area (Å²) >= 11 is 6.39. The second kappa shape index (κ2) is 5.74. The third-order valence-corrected chi connectivity index (χ3v) is 6.10. The highest BCUT2D eigenvalue weighted by Gasteiger charge is 2.49. The molecular weight excluding hydrogens is 288 g/mol. The predicted octanol–water partition coefficient (Wildman–Crippen LogP) is 6.70. The number of hydrogen-bond donors (Lipinski definition) is 0. The number of halogens is 1. The van der Waals surface area contributed by atoms with Crippen LogP contribution in [0, 0.1) is 11.8 Å². The van der Waals surface area contributed by atoms with Crippen LogP contribution in [0.3, 0.4) is 0 Å². The van der Waals surface area contributed by atoms with E-state index >= 15 is 0 Å². The van der Waals surface area contributed by atoms with Gasteiger partial charge in [0.25, 0.3) is 0 Å². The summed E-state index contributed by atoms with van der Waals surface area (Å²) in [5.41, 5.74) is 5.79. The van der Waals surface area contributed by atoms with E-state index < -0.39 is 0 Å². The molecule has 2 atom stereocenters. The molecular formula is C21H25Cl. The second-order valence-corrected chi connectivity index (χ2v) is 7.16. The zero-order valence-electron chi connectivity index (χ0n) is 14.0. The summed E-state index contributed by atoms with van der Waals surface area (Å²) in [6.07, 6.45) is 2.34. The van der Waals surface area contributed by atoms with Crippen molar-refractivity contribution in [3.63, 3.8) is 0 Å². The van der Waals surface area contributed by atoms with Gasteiger partial charge in [-0.2, -0.15) is 0 Å². The summed E-state index contributed by atoms with van der Waals surface area (Å²) in [6.45, 7) is 9.41. The summed E-state index contributed by atoms with van der Waals surface area (Å²) in [7, 11) is 0. The van der Waals surface area contributed by atoms with Crippen LogP contribution in [0.15, 0.2) is 42.5 Å². The van der Waals surface area contributed by atoms with Crippen LogP contribution < -0.4 is 0 Å². The zero-order chi connectivity index (χ0) is 15.9. The fraction of sp³-hybridized carbons (Fsp3) is 0.429. The third kappa shape index (κ3) is 1.97. The molecule has 22 heavy (non-hydrogen) atoms. The van der Waals surface area contributed by atoms with Gasteiger partial charge >= 0.3 is 0 Å². The molecule has 0 heterocycles. The Labute approximate surface area is 139 Å². The molecule has 1 aliphatic rings. The highest BCUT2D eigenvalue weighted by Crippen LogP contribution is 2.58. The fourth-order valence-electron chi connectivity index (χ4n) is 4.51. The second-order valence-electron chi connectivity index (χ2n) is 6.72. The van der Waals surface area contributed by atoms with Gasteiger partial charge in [0.1, 0.15) is 0 Å². The van der Waals surface area contributed by atoms with E-state index in [-0.39, 0.29) is 5.41 Å². The molecule has 1 heteroatoms. The van der Waals surface area contributed by atoms with Crippen LogP contribution in [-0.4, -0.2) is 0 Å². The first-order valence-corrected chi connectivity index (χ1v) is 8.85. The van der Waals surface area contributed by atoms with Gasteiger partial charge in [-0.05, 0) is 46.2 Å². The topological polar surface area (TPSA) is 0 Å². The van der Waals surface area contributed by atoms with Gasteiger partial charge in [0, 0.05) is 10.4 Å². The van der Waals surface area contributed by atoms with Gasteiger partial charge in [0.2, 0.25) is 0 Å². The molecule has 0 saturated heterocycles. The number of benzene rings is 2. The Bertz CT molecular complexity index is 676. The molecule has 2 aromatic rings. The molecule has 3 rings (SSSR count). The summed E-state index contributed by atoms with van der Waals surface area (Å²) in [4.78, 5) is 0. The first-order valence-electron chi connectivity index (χ1n) is 8.47. The minimum Gasteiger partial charge on any atom is -0.0843 e. The van der Waals surface area contributed by atoms with E-state index in [1.165, 1.54) is 35.1 Å². The van der Waals surface area contributed by atoms with Gasteiger partial charge in [-0.1, -0.05) is 82.5 Å². The smallest absolute Gasteiger partial charge is 0.0409 e. The molecule has 0 fully saturated rings. The molecule has 0 spiro atoms. The SMILES string of the molecule is CCC(C)C1(C(C)CC)c2ccccc2-c2ccc(Cl)cc21. The zero-order valence-corrected chi connectivity index (χ0v) is 14.7. The van der Waals surface area contributed by atoms with E-state index in [4.69, 9.17) is 11.6 Å². The van der Waals surface area contributed by atoms with Crippen LogP contribution in [0.2, 0.25) is 5.02 Å². The Kier molecular flexibility index (Phi) is 4.07. The maximum absolute atomic E-state index is 6.39. The molecule has 116 valence electrons. The van der Waals surface area contributed by atoms with Crippen molar-refractivity contribution in [2.45, 2.75) is 46.0 Å². The van der Waals surface area contributed by atoms with Crippen molar-refractivity contribution in [1.82, 2.24) is 0 Å². The number of hydrogen-bond acceptors (Lipinski definition) is 0. The van der Waals surface area contributed by atoms with E-state index in [1.54, 1.807) is 0 Å². The van der Waals surface area contributed by atoms with Crippen molar-refractivity contribution in [2.75, 3.05) is 0 Å². The maximum atomic E-state index is 6.39. The monoisotopic (exact) mass is 312 g/mol. The first-order chi connectivity index (χ1) is 10.6. The van der Waals surface area contributed by atoms with Crippen LogP contribution in [-0.2, 0) is 5.41 Å². The fourth-order valence-corrected chi connectivity index (χ4v) is 4.68. The van der Waals surface area contributed by atoms with Crippen LogP contribution in [0.25, 0.3) is 11.1 Å². The van der Waals surface area contributed by atoms with Crippen LogP contribution in [0.5, 0.6) is 0 Å². The first kappa shape index (κ1) is 15.6. The Morgan fingerprint density at radius 2 is 1.45 bits per heavy atom. The van der Waals surface area contributed by atoms with E-state index in [9.17, 15) is 0 Å². The lowest BCUT2D eigenvalue weighted by atomic mass is 9.60. The van der Waals surface area contributed by atoms with Crippen LogP contribution >= 0.6 is 11.6 Å². The Hall–Kier alpha value is -1.27. The molecule has 0 amide bonds. The average Bonchev–Trinajstić information content (AvgIpc) is 2.84. The van der Waals surface area contributed by atoms with Gasteiger partial charge in [-0.25, -0.2) is 0 Å². The molecule has 0 radical (unpaired) electrons. The molecule has 0 saturated carbocycles. The number of fused-ring (bicyclic) bond motifs is 3. The average molecular weight is 313 g/mol. The van der Waals surface area contributed by atoms with Gasteiger partial charge in [-0.15, -0.1) is 0 Å². The van der Waals surface area contributed by atoms with E-state index in [2.05, 4.69) is 64.1 Å². The molecule has 0 bridgehead atoms. The maximum Gasteiger partial charge on any atom is 0.0409 e. The minimum atomic E-state index is 0.0837. The van der Waals surface area contributed by atoms with E-state index in [1.807, 2.05) is 6.07 Å². The van der Waals surface area contributed by atoms with E-state index in [0.717, 1.165) is 5.02 Å². The molecule has 1 aliphatic carbocycles. The molecule has 2 aromatic carbocycles. The summed E-state index contributed by atoms with van der Waals surface area (Å²) < 4.78 is 0. The lowest BCUT2D eigenvalue weighted by molar-refractivity contribution is 0.235. The molecule has 0 N–H and O–H groups in total. The van der Waals surface area contributed by atoms with Crippen molar-refractivity contribution < 1.29 is 0 Å². The van der Waals surface area contributed by atoms with Gasteiger partial charge < -0.3 is 0 Å². The van der Waals surface area contributed by atoms with Crippen LogP contribution in [0.4, 0.5) is 0 Å². The third-order valence-electron chi connectivity index (χ3n) is 5.87. The quantitative estimate of drug-likeness (QED) is 0.589. The van der Waals surface area contributed by atoms with Crippen molar-refractivity contribution in [3.05, 3.63) is 58.6 Å². The normalized spacial score (nSPS) is 22.0. The van der Waals surface area contributed by atoms with Crippen LogP contribution in [0.1, 0.15) is 51.7 Å². The molecule has 0 nitrogen and oxygen atoms in total. The predicted molar refractivity (Wildman–Crippen MR) is 96.6 cm³/mol. The van der Waals surface area contributed by atoms with Crippen molar-refractivity contribution >= 4 is 11.6 Å². The van der Waals surface area contributed by atoms with Crippen molar-refractivity contribution in [3.8, 4) is 11.1 Å². The standard InChI is InChI=1S/C21H25Cl/c1-5-14(3)21(15(4)6-2)19-10-8-7-9-17(19)18-12-11-16(22)13-20(18)21/h7-15H,5-6H2,1-4H3. The Balaban J connectivity index is 2.40. The minimum absolute atomic E-state index is 0.0837. The van der Waals surface area contributed by atoms with Gasteiger partial charge in [0.15, 0.2) is 0 Å². The van der Waals surface area contributed by atoms with Crippen molar-refractivity contribution in [1.29, 1.82) is 0 Å². The highest BCUT2D eigenvalue weighted by atomic mass is 35.5. The molecule has 2 unspecified atom stereocenters. The Morgan fingerprint density at radius 1 is 0.864 bits per heavy atom. The largest absolute Gasteiger partial charge is 0.0843 e. The highest BCUT2D eigenvalue weighted by molar-refractivity contribution is 6.30. The molecule has 0 aromatic heterocycles. The summed E-state index contributed by atoms with van der Waals surface area (Å²) in [6, 6.07) is 15.4. The number of rotatable bonds is 4. The Morgan fingerprint density at radius 3 is 2.09 bits per heavy atom. The summed E-state index contributed by atoms with van der Waals surface area (Å²) in [5.74, 6) is 1.17. The van der Waals surface area contributed by atoms with Gasteiger partial charge in [-0.3, -0.25) is 0 Å². The van der Waals surface area contributed by atoms with E-state index in [0.29, 0.717) is 11.8 Å². The van der Waals surface area contributed by atoms with Crippen molar-refractivity contribution in [2.24, 2.45) is 11.8 Å². The lowest BCUT2D eigenvalue weighted by Gasteiger charge is -2.43.